The summed E-state index contributed by atoms with van der Waals surface area (Å²) in [6.45, 7) is 5.46. The lowest BCUT2D eigenvalue weighted by atomic mass is 10.2. The highest BCUT2D eigenvalue weighted by atomic mass is 32.2. The van der Waals surface area contributed by atoms with Gasteiger partial charge in [-0.2, -0.15) is 0 Å². The Balaban J connectivity index is 1.73. The Morgan fingerprint density at radius 1 is 1.25 bits per heavy atom. The van der Waals surface area contributed by atoms with Gasteiger partial charge in [0.15, 0.2) is 5.16 Å². The van der Waals surface area contributed by atoms with E-state index in [1.807, 2.05) is 6.26 Å². The van der Waals surface area contributed by atoms with Crippen molar-refractivity contribution >= 4 is 23.6 Å². The van der Waals surface area contributed by atoms with Crippen LogP contribution in [0.3, 0.4) is 0 Å². The van der Waals surface area contributed by atoms with E-state index in [1.165, 1.54) is 18.2 Å². The van der Waals surface area contributed by atoms with Crippen LogP contribution in [0.4, 0.5) is 4.39 Å². The Labute approximate surface area is 168 Å². The first kappa shape index (κ1) is 21.9. The molecule has 0 bridgehead atoms. The standard InChI is InChI=1S/C19H26FN5O2S/c1-13(2)12-25-16(23-24-19(25)28-3)8-5-9-21-17(26)11-22-18(27)14-6-4-7-15(20)10-14/h4,6-7,10,13H,5,8-9,11-12H2,1-3H3,(H,21,26)(H,22,27). The van der Waals surface area contributed by atoms with E-state index in [-0.39, 0.29) is 18.0 Å². The molecule has 0 spiro atoms. The van der Waals surface area contributed by atoms with Crippen molar-refractivity contribution in [3.05, 3.63) is 41.5 Å². The van der Waals surface area contributed by atoms with E-state index in [0.717, 1.165) is 23.6 Å². The van der Waals surface area contributed by atoms with Crippen molar-refractivity contribution in [2.75, 3.05) is 19.3 Å². The number of nitrogens with one attached hydrogen (secondary N) is 2. The molecule has 0 saturated heterocycles. The molecule has 0 fully saturated rings. The quantitative estimate of drug-likeness (QED) is 0.466. The highest BCUT2D eigenvalue weighted by Gasteiger charge is 2.13. The van der Waals surface area contributed by atoms with Gasteiger partial charge in [-0.05, 0) is 36.8 Å². The van der Waals surface area contributed by atoms with Crippen LogP contribution in [0.15, 0.2) is 29.4 Å². The van der Waals surface area contributed by atoms with Gasteiger partial charge < -0.3 is 15.2 Å². The third-order valence-electron chi connectivity index (χ3n) is 3.92. The molecule has 152 valence electrons. The summed E-state index contributed by atoms with van der Waals surface area (Å²) in [6.07, 6.45) is 3.40. The molecule has 1 heterocycles. The van der Waals surface area contributed by atoms with Gasteiger partial charge in [0.25, 0.3) is 5.91 Å². The van der Waals surface area contributed by atoms with Crippen LogP contribution in [-0.2, 0) is 17.8 Å². The van der Waals surface area contributed by atoms with Crippen LogP contribution >= 0.6 is 11.8 Å². The summed E-state index contributed by atoms with van der Waals surface area (Å²) in [5.41, 5.74) is 0.182. The molecule has 2 aromatic rings. The summed E-state index contributed by atoms with van der Waals surface area (Å²) in [5, 5.41) is 14.6. The Hall–Kier alpha value is -2.42. The second-order valence-corrected chi connectivity index (χ2v) is 7.53. The van der Waals surface area contributed by atoms with Gasteiger partial charge in [-0.25, -0.2) is 4.39 Å². The van der Waals surface area contributed by atoms with Gasteiger partial charge in [-0.15, -0.1) is 10.2 Å². The van der Waals surface area contributed by atoms with E-state index in [1.54, 1.807) is 11.8 Å². The molecule has 2 amide bonds. The molecule has 0 aliphatic heterocycles. The number of rotatable bonds is 10. The van der Waals surface area contributed by atoms with E-state index in [4.69, 9.17) is 0 Å². The fourth-order valence-electron chi connectivity index (χ4n) is 2.63. The Morgan fingerprint density at radius 3 is 2.71 bits per heavy atom. The number of aryl methyl sites for hydroxylation is 1. The van der Waals surface area contributed by atoms with E-state index in [2.05, 4.69) is 39.2 Å². The van der Waals surface area contributed by atoms with Gasteiger partial charge in [-0.3, -0.25) is 9.59 Å². The van der Waals surface area contributed by atoms with Crippen molar-refractivity contribution < 1.29 is 14.0 Å². The average molecular weight is 408 g/mol. The molecule has 2 rings (SSSR count). The minimum atomic E-state index is -0.493. The topological polar surface area (TPSA) is 88.9 Å². The minimum Gasteiger partial charge on any atom is -0.355 e. The van der Waals surface area contributed by atoms with Crippen LogP contribution < -0.4 is 10.6 Å². The summed E-state index contributed by atoms with van der Waals surface area (Å²) >= 11 is 1.57. The number of benzene rings is 1. The van der Waals surface area contributed by atoms with Gasteiger partial charge in [0.1, 0.15) is 11.6 Å². The number of thioether (sulfide) groups is 1. The maximum Gasteiger partial charge on any atom is 0.251 e. The zero-order chi connectivity index (χ0) is 20.5. The molecule has 1 aromatic heterocycles. The normalized spacial score (nSPS) is 10.9. The van der Waals surface area contributed by atoms with E-state index in [9.17, 15) is 14.0 Å². The fraction of sp³-hybridized carbons (Fsp3) is 0.474. The minimum absolute atomic E-state index is 0.157. The molecule has 1 aromatic carbocycles. The van der Waals surface area contributed by atoms with Crippen molar-refractivity contribution in [2.45, 2.75) is 38.4 Å². The molecule has 0 unspecified atom stereocenters. The fourth-order valence-corrected chi connectivity index (χ4v) is 3.16. The lowest BCUT2D eigenvalue weighted by molar-refractivity contribution is -0.120. The summed E-state index contributed by atoms with van der Waals surface area (Å²) in [5.74, 6) is 0.125. The van der Waals surface area contributed by atoms with Crippen LogP contribution in [0.25, 0.3) is 0 Å². The van der Waals surface area contributed by atoms with Crippen LogP contribution in [0.1, 0.15) is 36.5 Å². The maximum atomic E-state index is 13.1. The van der Waals surface area contributed by atoms with Gasteiger partial charge >= 0.3 is 0 Å². The zero-order valence-electron chi connectivity index (χ0n) is 16.4. The molecule has 0 atom stereocenters. The van der Waals surface area contributed by atoms with Gasteiger partial charge in [0.2, 0.25) is 5.91 Å². The lowest BCUT2D eigenvalue weighted by Gasteiger charge is -2.12. The van der Waals surface area contributed by atoms with Crippen molar-refractivity contribution in [1.29, 1.82) is 0 Å². The summed E-state index contributed by atoms with van der Waals surface area (Å²) in [7, 11) is 0. The highest BCUT2D eigenvalue weighted by molar-refractivity contribution is 7.98. The molecule has 7 nitrogen and oxygen atoms in total. The lowest BCUT2D eigenvalue weighted by Crippen LogP contribution is -2.37. The Bertz CT molecular complexity index is 809. The summed E-state index contributed by atoms with van der Waals surface area (Å²) in [4.78, 5) is 23.8. The highest BCUT2D eigenvalue weighted by Crippen LogP contribution is 2.16. The van der Waals surface area contributed by atoms with Crippen LogP contribution in [0.2, 0.25) is 0 Å². The number of carbonyl (C=O) groups excluding carboxylic acids is 2. The van der Waals surface area contributed by atoms with Crippen molar-refractivity contribution in [3.8, 4) is 0 Å². The SMILES string of the molecule is CSc1nnc(CCCNC(=O)CNC(=O)c2cccc(F)c2)n1CC(C)C. The third-order valence-corrected chi connectivity index (χ3v) is 4.59. The smallest absolute Gasteiger partial charge is 0.251 e. The predicted molar refractivity (Wildman–Crippen MR) is 107 cm³/mol. The number of amides is 2. The van der Waals surface area contributed by atoms with Gasteiger partial charge in [0.05, 0.1) is 6.54 Å². The monoisotopic (exact) mass is 407 g/mol. The molecule has 0 aliphatic rings. The first-order valence-corrected chi connectivity index (χ1v) is 10.4. The van der Waals surface area contributed by atoms with Crippen molar-refractivity contribution in [2.24, 2.45) is 5.92 Å². The molecule has 0 saturated carbocycles. The van der Waals surface area contributed by atoms with Crippen LogP contribution in [0, 0.1) is 11.7 Å². The number of hydrogen-bond acceptors (Lipinski definition) is 5. The first-order chi connectivity index (χ1) is 13.4. The average Bonchev–Trinajstić information content (AvgIpc) is 3.04. The zero-order valence-corrected chi connectivity index (χ0v) is 17.2. The maximum absolute atomic E-state index is 13.1. The van der Waals surface area contributed by atoms with E-state index >= 15 is 0 Å². The van der Waals surface area contributed by atoms with Crippen molar-refractivity contribution in [3.63, 3.8) is 0 Å². The number of halogens is 1. The predicted octanol–water partition coefficient (Wildman–Crippen LogP) is 2.27. The summed E-state index contributed by atoms with van der Waals surface area (Å²) in [6, 6.07) is 5.33. The Kier molecular flexibility index (Phi) is 8.43. The molecular formula is C19H26FN5O2S. The third kappa shape index (κ3) is 6.63. The van der Waals surface area contributed by atoms with Gasteiger partial charge in [0, 0.05) is 25.1 Å². The molecule has 0 aliphatic carbocycles. The van der Waals surface area contributed by atoms with Crippen molar-refractivity contribution in [1.82, 2.24) is 25.4 Å². The number of carbonyl (C=O) groups is 2. The Morgan fingerprint density at radius 2 is 2.04 bits per heavy atom. The second kappa shape index (κ2) is 10.8. The largest absolute Gasteiger partial charge is 0.355 e. The van der Waals surface area contributed by atoms with Gasteiger partial charge in [-0.1, -0.05) is 31.7 Å². The molecule has 28 heavy (non-hydrogen) atoms. The summed E-state index contributed by atoms with van der Waals surface area (Å²) < 4.78 is 15.2. The van der Waals surface area contributed by atoms with Crippen LogP contribution in [0.5, 0.6) is 0 Å². The van der Waals surface area contributed by atoms with E-state index in [0.29, 0.717) is 25.3 Å². The number of nitrogens with zero attached hydrogens (tertiary/aromatic N) is 3. The second-order valence-electron chi connectivity index (χ2n) is 6.75. The molecule has 9 heteroatoms. The number of aromatic nitrogens is 3. The van der Waals surface area contributed by atoms with E-state index < -0.39 is 11.7 Å². The number of hydrogen-bond donors (Lipinski definition) is 2. The van der Waals surface area contributed by atoms with Crippen LogP contribution in [-0.4, -0.2) is 45.9 Å². The first-order valence-electron chi connectivity index (χ1n) is 9.17. The molecule has 2 N–H and O–H groups in total. The molecule has 0 radical (unpaired) electrons. The molecular weight excluding hydrogens is 381 g/mol.